The molecule has 0 heterocycles. The summed E-state index contributed by atoms with van der Waals surface area (Å²) in [5.41, 5.74) is 0.671. The van der Waals surface area contributed by atoms with Crippen molar-refractivity contribution in [3.63, 3.8) is 0 Å². The first-order chi connectivity index (χ1) is 12.2. The van der Waals surface area contributed by atoms with Gasteiger partial charge >= 0.3 is 0 Å². The molecule has 2 rings (SSSR count). The van der Waals surface area contributed by atoms with Gasteiger partial charge in [0.1, 0.15) is 18.0 Å². The van der Waals surface area contributed by atoms with Crippen molar-refractivity contribution in [2.75, 3.05) is 36.6 Å². The Morgan fingerprint density at radius 2 is 1.88 bits per heavy atom. The molecule has 0 bridgehead atoms. The quantitative estimate of drug-likeness (QED) is 0.775. The molecule has 9 heteroatoms. The second-order valence-electron chi connectivity index (χ2n) is 5.37. The maximum Gasteiger partial charge on any atom is 0.245 e. The van der Waals surface area contributed by atoms with E-state index >= 15 is 0 Å². The summed E-state index contributed by atoms with van der Waals surface area (Å²) < 4.78 is 35.9. The number of hydrogen-bond donors (Lipinski definition) is 1. The topological polar surface area (TPSA) is 84.9 Å². The Bertz CT molecular complexity index is 902. The largest absolute Gasteiger partial charge is 0.497 e. The number of carbonyl (C=O) groups excluding carboxylic acids is 1. The van der Waals surface area contributed by atoms with Gasteiger partial charge in [-0.1, -0.05) is 17.7 Å². The average Bonchev–Trinajstić information content (AvgIpc) is 2.58. The van der Waals surface area contributed by atoms with Gasteiger partial charge in [0, 0.05) is 16.8 Å². The molecule has 0 unspecified atom stereocenters. The van der Waals surface area contributed by atoms with E-state index in [9.17, 15) is 13.2 Å². The summed E-state index contributed by atoms with van der Waals surface area (Å²) in [4.78, 5) is 12.4. The van der Waals surface area contributed by atoms with Gasteiger partial charge in [-0.25, -0.2) is 8.42 Å². The highest BCUT2D eigenvalue weighted by molar-refractivity contribution is 7.92. The molecule has 0 aliphatic rings. The SMILES string of the molecule is COc1ccc(OC)c(N(CC(=O)Nc2cccc(Cl)c2)S(C)(=O)=O)c1. The Morgan fingerprint density at radius 1 is 1.15 bits per heavy atom. The lowest BCUT2D eigenvalue weighted by molar-refractivity contribution is -0.114. The lowest BCUT2D eigenvalue weighted by Crippen LogP contribution is -2.37. The third kappa shape index (κ3) is 5.03. The Labute approximate surface area is 157 Å². The Balaban J connectivity index is 2.33. The first kappa shape index (κ1) is 19.9. The third-order valence-corrected chi connectivity index (χ3v) is 4.81. The van der Waals surface area contributed by atoms with Crippen molar-refractivity contribution >= 4 is 38.9 Å². The van der Waals surface area contributed by atoms with Gasteiger partial charge in [-0.15, -0.1) is 0 Å². The van der Waals surface area contributed by atoms with Crippen LogP contribution in [0.5, 0.6) is 11.5 Å². The van der Waals surface area contributed by atoms with Gasteiger partial charge in [0.15, 0.2) is 0 Å². The summed E-state index contributed by atoms with van der Waals surface area (Å²) in [5, 5.41) is 3.08. The number of hydrogen-bond acceptors (Lipinski definition) is 5. The number of nitrogens with zero attached hydrogens (tertiary/aromatic N) is 1. The summed E-state index contributed by atoms with van der Waals surface area (Å²) in [6.07, 6.45) is 1.01. The van der Waals surface area contributed by atoms with Crippen LogP contribution in [0.3, 0.4) is 0 Å². The fourth-order valence-electron chi connectivity index (χ4n) is 2.27. The summed E-state index contributed by atoms with van der Waals surface area (Å²) in [6, 6.07) is 11.3. The summed E-state index contributed by atoms with van der Waals surface area (Å²) in [7, 11) is -0.885. The molecule has 0 saturated heterocycles. The van der Waals surface area contributed by atoms with Crippen LogP contribution in [0.25, 0.3) is 0 Å². The van der Waals surface area contributed by atoms with Crippen LogP contribution in [0.2, 0.25) is 5.02 Å². The fourth-order valence-corrected chi connectivity index (χ4v) is 3.31. The van der Waals surface area contributed by atoms with Gasteiger partial charge in [-0.05, 0) is 30.3 Å². The minimum absolute atomic E-state index is 0.204. The van der Waals surface area contributed by atoms with Crippen LogP contribution in [0.4, 0.5) is 11.4 Å². The van der Waals surface area contributed by atoms with Crippen molar-refractivity contribution in [3.05, 3.63) is 47.5 Å². The van der Waals surface area contributed by atoms with Gasteiger partial charge in [0.2, 0.25) is 15.9 Å². The molecule has 0 atom stereocenters. The minimum atomic E-state index is -3.76. The van der Waals surface area contributed by atoms with Crippen molar-refractivity contribution in [2.24, 2.45) is 0 Å². The molecule has 26 heavy (non-hydrogen) atoms. The van der Waals surface area contributed by atoms with Crippen LogP contribution >= 0.6 is 11.6 Å². The zero-order valence-corrected chi connectivity index (χ0v) is 16.1. The number of carbonyl (C=O) groups is 1. The van der Waals surface area contributed by atoms with E-state index in [1.165, 1.54) is 20.3 Å². The summed E-state index contributed by atoms with van der Waals surface area (Å²) in [6.45, 7) is -0.436. The highest BCUT2D eigenvalue weighted by Gasteiger charge is 2.24. The molecule has 0 aliphatic carbocycles. The highest BCUT2D eigenvalue weighted by Crippen LogP contribution is 2.33. The summed E-state index contributed by atoms with van der Waals surface area (Å²) >= 11 is 5.89. The number of methoxy groups -OCH3 is 2. The van der Waals surface area contributed by atoms with E-state index < -0.39 is 22.5 Å². The Morgan fingerprint density at radius 3 is 2.46 bits per heavy atom. The standard InChI is InChI=1S/C17H19ClN2O5S/c1-24-14-7-8-16(25-2)15(10-14)20(26(3,22)23)11-17(21)19-13-6-4-5-12(18)9-13/h4-10H,11H2,1-3H3,(H,19,21). The van der Waals surface area contributed by atoms with Crippen LogP contribution in [-0.4, -0.2) is 41.3 Å². The number of benzene rings is 2. The number of ether oxygens (including phenoxy) is 2. The second-order valence-corrected chi connectivity index (χ2v) is 7.71. The number of sulfonamides is 1. The van der Waals surface area contributed by atoms with E-state index in [4.69, 9.17) is 21.1 Å². The van der Waals surface area contributed by atoms with E-state index in [0.29, 0.717) is 22.2 Å². The van der Waals surface area contributed by atoms with Gasteiger partial charge in [-0.3, -0.25) is 9.10 Å². The number of anilines is 2. The molecule has 2 aromatic rings. The molecular weight excluding hydrogens is 380 g/mol. The minimum Gasteiger partial charge on any atom is -0.497 e. The molecule has 0 spiro atoms. The van der Waals surface area contributed by atoms with Gasteiger partial charge in [-0.2, -0.15) is 0 Å². The molecule has 0 aliphatic heterocycles. The lowest BCUT2D eigenvalue weighted by Gasteiger charge is -2.24. The molecule has 2 aromatic carbocycles. The smallest absolute Gasteiger partial charge is 0.245 e. The first-order valence-corrected chi connectivity index (χ1v) is 9.72. The molecule has 7 nitrogen and oxygen atoms in total. The van der Waals surface area contributed by atoms with Gasteiger partial charge in [0.25, 0.3) is 0 Å². The summed E-state index contributed by atoms with van der Waals surface area (Å²) in [5.74, 6) is 0.207. The van der Waals surface area contributed by atoms with Crippen molar-refractivity contribution in [1.29, 1.82) is 0 Å². The lowest BCUT2D eigenvalue weighted by atomic mass is 10.2. The predicted octanol–water partition coefficient (Wildman–Crippen LogP) is 2.76. The fraction of sp³-hybridized carbons (Fsp3) is 0.235. The zero-order chi connectivity index (χ0) is 19.3. The monoisotopic (exact) mass is 398 g/mol. The Kier molecular flexibility index (Phi) is 6.33. The molecule has 0 saturated carbocycles. The van der Waals surface area contributed by atoms with Crippen LogP contribution in [0.15, 0.2) is 42.5 Å². The van der Waals surface area contributed by atoms with Crippen molar-refractivity contribution in [3.8, 4) is 11.5 Å². The van der Waals surface area contributed by atoms with E-state index in [1.54, 1.807) is 36.4 Å². The molecule has 1 N–H and O–H groups in total. The van der Waals surface area contributed by atoms with Crippen molar-refractivity contribution in [1.82, 2.24) is 0 Å². The average molecular weight is 399 g/mol. The van der Waals surface area contributed by atoms with Gasteiger partial charge in [0.05, 0.1) is 26.2 Å². The van der Waals surface area contributed by atoms with Crippen LogP contribution in [0, 0.1) is 0 Å². The maximum absolute atomic E-state index is 12.4. The predicted molar refractivity (Wildman–Crippen MR) is 102 cm³/mol. The Hall–Kier alpha value is -2.45. The normalized spacial score (nSPS) is 10.9. The van der Waals surface area contributed by atoms with E-state index in [2.05, 4.69) is 5.32 Å². The number of rotatable bonds is 7. The van der Waals surface area contributed by atoms with Gasteiger partial charge < -0.3 is 14.8 Å². The molecule has 0 aromatic heterocycles. The molecule has 140 valence electrons. The molecule has 0 fully saturated rings. The number of halogens is 1. The van der Waals surface area contributed by atoms with Crippen molar-refractivity contribution in [2.45, 2.75) is 0 Å². The van der Waals surface area contributed by atoms with E-state index in [-0.39, 0.29) is 5.69 Å². The number of nitrogens with one attached hydrogen (secondary N) is 1. The van der Waals surface area contributed by atoms with Crippen LogP contribution in [0.1, 0.15) is 0 Å². The van der Waals surface area contributed by atoms with E-state index in [0.717, 1.165) is 10.6 Å². The highest BCUT2D eigenvalue weighted by atomic mass is 35.5. The zero-order valence-electron chi connectivity index (χ0n) is 14.5. The van der Waals surface area contributed by atoms with Crippen LogP contribution < -0.4 is 19.1 Å². The van der Waals surface area contributed by atoms with Crippen LogP contribution in [-0.2, 0) is 14.8 Å². The van der Waals surface area contributed by atoms with E-state index in [1.807, 2.05) is 0 Å². The van der Waals surface area contributed by atoms with Crippen molar-refractivity contribution < 1.29 is 22.7 Å². The molecule has 0 radical (unpaired) electrons. The number of amides is 1. The first-order valence-electron chi connectivity index (χ1n) is 7.49. The molecular formula is C17H19ClN2O5S. The third-order valence-electron chi connectivity index (χ3n) is 3.45. The second kappa shape index (κ2) is 8.29. The molecule has 1 amide bonds. The maximum atomic E-state index is 12.4.